The number of nitrogens with zero attached hydrogens (tertiary/aromatic N) is 5. The molecule has 2 aliphatic rings. The number of piperazine rings is 1. The summed E-state index contributed by atoms with van der Waals surface area (Å²) in [6.07, 6.45) is 2.69. The smallest absolute Gasteiger partial charge is 0.257 e. The molecular formula is C33H44N6O5. The lowest BCUT2D eigenvalue weighted by molar-refractivity contribution is -0.131. The average Bonchev–Trinajstić information content (AvgIpc) is 3.38. The van der Waals surface area contributed by atoms with Crippen LogP contribution in [0.1, 0.15) is 54.0 Å². The minimum absolute atomic E-state index is 0.00300. The summed E-state index contributed by atoms with van der Waals surface area (Å²) in [4.78, 5) is 49.3. The van der Waals surface area contributed by atoms with E-state index in [2.05, 4.69) is 27.2 Å². The van der Waals surface area contributed by atoms with Crippen molar-refractivity contribution in [2.45, 2.75) is 51.5 Å². The largest absolute Gasteiger partial charge is 0.381 e. The molecule has 236 valence electrons. The van der Waals surface area contributed by atoms with E-state index in [1.54, 1.807) is 10.6 Å². The van der Waals surface area contributed by atoms with Crippen molar-refractivity contribution in [1.82, 2.24) is 24.7 Å². The minimum Gasteiger partial charge on any atom is -0.381 e. The maximum absolute atomic E-state index is 13.5. The molecule has 1 atom stereocenters. The number of benzene rings is 1. The Morgan fingerprint density at radius 2 is 1.91 bits per heavy atom. The van der Waals surface area contributed by atoms with Gasteiger partial charge in [0.15, 0.2) is 6.29 Å². The molecule has 3 aromatic rings. The first-order valence-electron chi connectivity index (χ1n) is 15.4. The summed E-state index contributed by atoms with van der Waals surface area (Å²) in [7, 11) is 7.52. The first-order valence-corrected chi connectivity index (χ1v) is 15.4. The first kappa shape index (κ1) is 31.8. The molecule has 5 rings (SSSR count). The van der Waals surface area contributed by atoms with Gasteiger partial charge >= 0.3 is 0 Å². The number of rotatable bonds is 13. The van der Waals surface area contributed by atoms with Crippen LogP contribution in [0.15, 0.2) is 29.1 Å². The average molecular weight is 605 g/mol. The van der Waals surface area contributed by atoms with Gasteiger partial charge in [0.05, 0.1) is 30.1 Å². The predicted molar refractivity (Wildman–Crippen MR) is 171 cm³/mol. The van der Waals surface area contributed by atoms with Gasteiger partial charge in [0, 0.05) is 74.0 Å². The van der Waals surface area contributed by atoms with Gasteiger partial charge in [-0.1, -0.05) is 6.42 Å². The van der Waals surface area contributed by atoms with Crippen LogP contribution in [0.2, 0.25) is 0 Å². The number of aromatic nitrogens is 2. The van der Waals surface area contributed by atoms with E-state index in [9.17, 15) is 19.5 Å². The number of aldehydes is 1. The summed E-state index contributed by atoms with van der Waals surface area (Å²) < 4.78 is 6.88. The number of carbonyl (C=O) groups excluding carboxylic acids is 2. The molecule has 11 heteroatoms. The number of ether oxygens (including phenoxy) is 1. The molecule has 1 amide bonds. The summed E-state index contributed by atoms with van der Waals surface area (Å²) in [5, 5.41) is 14.6. The van der Waals surface area contributed by atoms with E-state index in [1.807, 2.05) is 32.1 Å². The van der Waals surface area contributed by atoms with Gasteiger partial charge in [0.2, 0.25) is 5.91 Å². The van der Waals surface area contributed by atoms with Crippen molar-refractivity contribution in [2.75, 3.05) is 65.9 Å². The molecule has 11 nitrogen and oxygen atoms in total. The van der Waals surface area contributed by atoms with Crippen LogP contribution in [-0.2, 0) is 34.0 Å². The predicted octanol–water partition coefficient (Wildman–Crippen LogP) is 2.29. The molecule has 0 spiro atoms. The van der Waals surface area contributed by atoms with Crippen molar-refractivity contribution in [2.24, 2.45) is 0 Å². The number of fused-ring (bicyclic) bond motifs is 4. The van der Waals surface area contributed by atoms with Gasteiger partial charge in [-0.25, -0.2) is 4.98 Å². The van der Waals surface area contributed by atoms with Gasteiger partial charge in [0.25, 0.3) is 5.56 Å². The van der Waals surface area contributed by atoms with E-state index in [4.69, 9.17) is 9.72 Å². The number of pyridine rings is 2. The highest BCUT2D eigenvalue weighted by Crippen LogP contribution is 2.37. The Balaban J connectivity index is 1.43. The quantitative estimate of drug-likeness (QED) is 0.175. The third-order valence-electron chi connectivity index (χ3n) is 8.67. The second-order valence-electron chi connectivity index (χ2n) is 12.0. The maximum Gasteiger partial charge on any atom is 0.257 e. The van der Waals surface area contributed by atoms with E-state index in [0.717, 1.165) is 66.6 Å². The molecule has 2 aliphatic heterocycles. The van der Waals surface area contributed by atoms with Crippen LogP contribution in [0.25, 0.3) is 22.3 Å². The lowest BCUT2D eigenvalue weighted by Gasteiger charge is -2.37. The number of carbonyl (C=O) groups is 2. The zero-order chi connectivity index (χ0) is 31.4. The molecule has 0 radical (unpaired) electrons. The Hall–Kier alpha value is -3.64. The van der Waals surface area contributed by atoms with Crippen molar-refractivity contribution in [3.8, 4) is 11.4 Å². The van der Waals surface area contributed by atoms with Gasteiger partial charge in [-0.05, 0) is 70.4 Å². The number of amides is 1. The normalized spacial score (nSPS) is 15.1. The van der Waals surface area contributed by atoms with Crippen molar-refractivity contribution >= 4 is 28.8 Å². The van der Waals surface area contributed by atoms with Crippen molar-refractivity contribution < 1.29 is 19.4 Å². The Bertz CT molecular complexity index is 1580. The fraction of sp³-hybridized carbons (Fsp3) is 0.515. The molecule has 2 aromatic heterocycles. The topological polar surface area (TPSA) is 120 Å². The Kier molecular flexibility index (Phi) is 10.1. The summed E-state index contributed by atoms with van der Waals surface area (Å²) in [6.45, 7) is 4.97. The fourth-order valence-electron chi connectivity index (χ4n) is 6.42. The van der Waals surface area contributed by atoms with E-state index < -0.39 is 6.10 Å². The van der Waals surface area contributed by atoms with Gasteiger partial charge < -0.3 is 39.2 Å². The third-order valence-corrected chi connectivity index (χ3v) is 8.67. The molecule has 2 N–H and O–H groups in total. The highest BCUT2D eigenvalue weighted by Gasteiger charge is 2.29. The number of anilines is 1. The van der Waals surface area contributed by atoms with Crippen LogP contribution < -0.4 is 15.8 Å². The minimum atomic E-state index is -1.42. The summed E-state index contributed by atoms with van der Waals surface area (Å²) in [6, 6.07) is 7.96. The number of unbranched alkanes of at least 4 members (excludes halogenated alkanes) is 2. The highest BCUT2D eigenvalue weighted by atomic mass is 16.5. The molecule has 0 bridgehead atoms. The standard InChI is InChI=1S/C33H44N6O5/c1-34-11-7-5-6-8-31(42)38-14-12-37(13-15-38)28-10-9-27-23(25(28)19-36(2)3)16-22-18-39-29(32(22)35-27)17-24(30(41)20-40)26(21-44-4)33(39)43/h9-10,16-17,20,30,34,41H,5-8,11-15,18-19,21H2,1-4H3. The SMILES string of the molecule is CNCCCCCC(=O)N1CCN(c2ccc3nc4c(cc3c2CN(C)C)Cn2c-4cc(C(O)C=O)c(COC)c2=O)CC1. The lowest BCUT2D eigenvalue weighted by atomic mass is 10.00. The number of methoxy groups -OCH3 is 1. The van der Waals surface area contributed by atoms with E-state index in [1.165, 1.54) is 7.11 Å². The molecule has 1 unspecified atom stereocenters. The molecule has 44 heavy (non-hydrogen) atoms. The fourth-order valence-corrected chi connectivity index (χ4v) is 6.42. The molecule has 0 saturated carbocycles. The van der Waals surface area contributed by atoms with E-state index in [0.29, 0.717) is 50.3 Å². The van der Waals surface area contributed by atoms with Crippen LogP contribution in [0.4, 0.5) is 5.69 Å². The lowest BCUT2D eigenvalue weighted by Crippen LogP contribution is -2.49. The molecule has 0 aliphatic carbocycles. The Labute approximate surface area is 258 Å². The van der Waals surface area contributed by atoms with Gasteiger partial charge in [-0.15, -0.1) is 0 Å². The van der Waals surface area contributed by atoms with Crippen LogP contribution >= 0.6 is 0 Å². The first-order chi connectivity index (χ1) is 21.3. The van der Waals surface area contributed by atoms with Crippen LogP contribution in [0, 0.1) is 0 Å². The molecule has 1 aromatic carbocycles. The van der Waals surface area contributed by atoms with Crippen molar-refractivity contribution in [3.05, 3.63) is 56.9 Å². The van der Waals surface area contributed by atoms with Crippen molar-refractivity contribution in [1.29, 1.82) is 0 Å². The molecule has 1 fully saturated rings. The number of aliphatic hydroxyl groups is 1. The molecule has 4 heterocycles. The van der Waals surface area contributed by atoms with E-state index >= 15 is 0 Å². The second-order valence-corrected chi connectivity index (χ2v) is 12.0. The van der Waals surface area contributed by atoms with Gasteiger partial charge in [-0.3, -0.25) is 9.59 Å². The van der Waals surface area contributed by atoms with E-state index in [-0.39, 0.29) is 29.2 Å². The Morgan fingerprint density at radius 3 is 2.59 bits per heavy atom. The summed E-state index contributed by atoms with van der Waals surface area (Å²) in [5.74, 6) is 0.244. The van der Waals surface area contributed by atoms with Crippen LogP contribution in [-0.4, -0.2) is 97.6 Å². The maximum atomic E-state index is 13.5. The monoisotopic (exact) mass is 604 g/mol. The second kappa shape index (κ2) is 14.0. The Morgan fingerprint density at radius 1 is 1.14 bits per heavy atom. The molecule has 1 saturated heterocycles. The van der Waals surface area contributed by atoms with Crippen molar-refractivity contribution in [3.63, 3.8) is 0 Å². The molecular weight excluding hydrogens is 560 g/mol. The van der Waals surface area contributed by atoms with Crippen LogP contribution in [0.3, 0.4) is 0 Å². The number of nitrogens with one attached hydrogen (secondary N) is 1. The number of hydrogen-bond acceptors (Lipinski definition) is 9. The van der Waals surface area contributed by atoms with Gasteiger partial charge in [-0.2, -0.15) is 0 Å². The van der Waals surface area contributed by atoms with Crippen LogP contribution in [0.5, 0.6) is 0 Å². The van der Waals surface area contributed by atoms with Gasteiger partial charge in [0.1, 0.15) is 6.10 Å². The summed E-state index contributed by atoms with van der Waals surface area (Å²) in [5.41, 5.74) is 5.53. The zero-order valence-electron chi connectivity index (χ0n) is 26.3. The number of aliphatic hydroxyl groups excluding tert-OH is 1. The third kappa shape index (κ3) is 6.41. The summed E-state index contributed by atoms with van der Waals surface area (Å²) >= 11 is 0. The highest BCUT2D eigenvalue weighted by molar-refractivity contribution is 5.91. The zero-order valence-corrected chi connectivity index (χ0v) is 26.3. The number of hydrogen-bond donors (Lipinski definition) is 2.